The molecule has 0 saturated heterocycles. The number of fused-ring (bicyclic) bond motifs is 6. The molecule has 1 aromatic heterocycles. The highest BCUT2D eigenvalue weighted by Gasteiger charge is 2.32. The molecule has 2 unspecified atom stereocenters. The molecule has 48 heavy (non-hydrogen) atoms. The maximum absolute atomic E-state index is 11.6. The van der Waals surface area contributed by atoms with Crippen molar-refractivity contribution in [3.63, 3.8) is 0 Å². The second-order valence-corrected chi connectivity index (χ2v) is 12.6. The minimum atomic E-state index is -0.948. The summed E-state index contributed by atoms with van der Waals surface area (Å²) < 4.78 is 0. The van der Waals surface area contributed by atoms with E-state index in [1.807, 2.05) is 45.9 Å². The minimum absolute atomic E-state index is 0.0433. The lowest BCUT2D eigenvalue weighted by molar-refractivity contribution is -0.138. The molecule has 4 aliphatic heterocycles. The summed E-state index contributed by atoms with van der Waals surface area (Å²) in [6.07, 6.45) is 8.31. The van der Waals surface area contributed by atoms with Gasteiger partial charge in [-0.15, -0.1) is 0 Å². The normalized spacial score (nSPS) is 20.1. The molecule has 2 atom stereocenters. The first-order valence-corrected chi connectivity index (χ1v) is 16.0. The number of carboxylic acid groups (broad SMARTS) is 4. The minimum Gasteiger partial charge on any atom is -0.481 e. The van der Waals surface area contributed by atoms with E-state index < -0.39 is 23.9 Å². The van der Waals surface area contributed by atoms with Crippen LogP contribution in [0.3, 0.4) is 0 Å². The van der Waals surface area contributed by atoms with Crippen LogP contribution < -0.4 is 16.0 Å². The first-order valence-electron chi connectivity index (χ1n) is 16.0. The Balaban J connectivity index is 1.79. The van der Waals surface area contributed by atoms with Gasteiger partial charge in [0, 0.05) is 48.0 Å². The fourth-order valence-electron chi connectivity index (χ4n) is 6.76. The number of allylic oxidation sites excluding steroid dienone is 6. The Kier molecular flexibility index (Phi) is 9.83. The first-order chi connectivity index (χ1) is 22.7. The van der Waals surface area contributed by atoms with Gasteiger partial charge in [-0.2, -0.15) is 0 Å². The maximum atomic E-state index is 11.6. The van der Waals surface area contributed by atoms with Crippen LogP contribution in [-0.4, -0.2) is 66.8 Å². The zero-order chi connectivity index (χ0) is 34.9. The summed E-state index contributed by atoms with van der Waals surface area (Å²) in [6, 6.07) is -0.244. The highest BCUT2D eigenvalue weighted by Crippen LogP contribution is 2.37. The largest absolute Gasteiger partial charge is 0.481 e. The number of rotatable bonds is 12. The topological polar surface area (TPSA) is 202 Å². The third kappa shape index (κ3) is 7.17. The summed E-state index contributed by atoms with van der Waals surface area (Å²) >= 11 is 0. The molecule has 6 N–H and O–H groups in total. The van der Waals surface area contributed by atoms with Crippen LogP contribution in [0.2, 0.25) is 0 Å². The Morgan fingerprint density at radius 2 is 1.27 bits per heavy atom. The van der Waals surface area contributed by atoms with E-state index in [0.29, 0.717) is 34.6 Å². The van der Waals surface area contributed by atoms with E-state index in [0.717, 1.165) is 50.0 Å². The molecule has 4 aliphatic rings. The zero-order valence-electron chi connectivity index (χ0n) is 27.4. The lowest BCUT2D eigenvalue weighted by Crippen LogP contribution is -2.26. The summed E-state index contributed by atoms with van der Waals surface area (Å²) in [5, 5.41) is 43.0. The molecule has 252 valence electrons. The number of carboxylic acids is 4. The van der Waals surface area contributed by atoms with Crippen molar-refractivity contribution in [1.29, 1.82) is 0 Å². The quantitative estimate of drug-likeness (QED) is 0.194. The van der Waals surface area contributed by atoms with Crippen molar-refractivity contribution in [3.8, 4) is 0 Å². The molecule has 0 aromatic carbocycles. The van der Waals surface area contributed by atoms with Gasteiger partial charge >= 0.3 is 23.9 Å². The summed E-state index contributed by atoms with van der Waals surface area (Å²) in [7, 11) is 0. The summed E-state index contributed by atoms with van der Waals surface area (Å²) in [4.78, 5) is 59.8. The molecule has 8 bridgehead atoms. The number of nitrogens with zero attached hydrogens (tertiary/aromatic N) is 2. The number of nitrogens with one attached hydrogen (secondary N) is 2. The van der Waals surface area contributed by atoms with E-state index in [9.17, 15) is 39.6 Å². The van der Waals surface area contributed by atoms with E-state index in [-0.39, 0.29) is 56.9 Å². The van der Waals surface area contributed by atoms with E-state index in [4.69, 9.17) is 9.98 Å². The number of aromatic nitrogens is 1. The fraction of sp³-hybridized carbons (Fsp3) is 0.389. The molecule has 12 nitrogen and oxygen atoms in total. The predicted molar refractivity (Wildman–Crippen MR) is 180 cm³/mol. The Labute approximate surface area is 277 Å². The predicted octanol–water partition coefficient (Wildman–Crippen LogP) is 3.68. The zero-order valence-corrected chi connectivity index (χ0v) is 27.4. The van der Waals surface area contributed by atoms with Crippen LogP contribution in [0, 0.1) is 12.8 Å². The smallest absolute Gasteiger partial charge is 0.303 e. The number of carbonyl (C=O) groups is 4. The number of H-pyrrole nitrogens is 1. The number of hydrogen-bond donors (Lipinski definition) is 6. The molecule has 5 rings (SSSR count). The Morgan fingerprint density at radius 1 is 0.688 bits per heavy atom. The molecule has 5 heterocycles. The molecule has 12 heteroatoms. The van der Waals surface area contributed by atoms with Gasteiger partial charge in [-0.05, 0) is 110 Å². The van der Waals surface area contributed by atoms with Gasteiger partial charge in [-0.25, -0.2) is 9.98 Å². The van der Waals surface area contributed by atoms with E-state index in [1.165, 1.54) is 0 Å². The van der Waals surface area contributed by atoms with E-state index >= 15 is 0 Å². The van der Waals surface area contributed by atoms with Crippen LogP contribution in [0.4, 0.5) is 0 Å². The van der Waals surface area contributed by atoms with E-state index in [2.05, 4.69) is 10.3 Å². The van der Waals surface area contributed by atoms with Crippen LogP contribution in [-0.2, 0) is 25.6 Å². The lowest BCUT2D eigenvalue weighted by atomic mass is 9.91. The Hall–Kier alpha value is -5.26. The molecule has 1 aromatic rings. The van der Waals surface area contributed by atoms with Gasteiger partial charge < -0.3 is 30.7 Å². The molecule has 0 radical (unpaired) electrons. The maximum Gasteiger partial charge on any atom is 0.303 e. The molecule has 0 fully saturated rings. The van der Waals surface area contributed by atoms with Crippen molar-refractivity contribution in [2.45, 2.75) is 85.1 Å². The fourth-order valence-corrected chi connectivity index (χ4v) is 6.76. The van der Waals surface area contributed by atoms with Crippen LogP contribution in [0.15, 0.2) is 67.1 Å². The summed E-state index contributed by atoms with van der Waals surface area (Å²) in [6.45, 7) is 7.73. The van der Waals surface area contributed by atoms with Gasteiger partial charge in [0.15, 0.2) is 0 Å². The van der Waals surface area contributed by atoms with Crippen molar-refractivity contribution in [2.75, 3.05) is 0 Å². The number of aromatic amines is 1. The second-order valence-electron chi connectivity index (χ2n) is 12.6. The van der Waals surface area contributed by atoms with Crippen molar-refractivity contribution in [2.24, 2.45) is 15.9 Å². The van der Waals surface area contributed by atoms with Gasteiger partial charge in [0.25, 0.3) is 0 Å². The van der Waals surface area contributed by atoms with Crippen molar-refractivity contribution < 1.29 is 39.6 Å². The number of aliphatic imine (C=N–C) groups is 2. The highest BCUT2D eigenvalue weighted by atomic mass is 16.4. The second kappa shape index (κ2) is 13.8. The summed E-state index contributed by atoms with van der Waals surface area (Å²) in [5.41, 5.74) is 8.88. The third-order valence-electron chi connectivity index (χ3n) is 9.54. The van der Waals surface area contributed by atoms with Gasteiger partial charge in [0.05, 0.1) is 28.9 Å². The van der Waals surface area contributed by atoms with Crippen molar-refractivity contribution in [1.82, 2.24) is 10.3 Å². The monoisotopic (exact) mass is 656 g/mol. The summed E-state index contributed by atoms with van der Waals surface area (Å²) in [5.74, 6) is -3.81. The average molecular weight is 657 g/mol. The van der Waals surface area contributed by atoms with Gasteiger partial charge in [0.1, 0.15) is 0 Å². The highest BCUT2D eigenvalue weighted by molar-refractivity contribution is 6.24. The molecule has 0 saturated carbocycles. The van der Waals surface area contributed by atoms with Gasteiger partial charge in [0.2, 0.25) is 0 Å². The first kappa shape index (κ1) is 34.1. The Bertz CT molecular complexity index is 1960. The molecule has 0 aliphatic carbocycles. The van der Waals surface area contributed by atoms with Crippen LogP contribution >= 0.6 is 0 Å². The van der Waals surface area contributed by atoms with Gasteiger partial charge in [-0.1, -0.05) is 6.92 Å². The van der Waals surface area contributed by atoms with Gasteiger partial charge in [-0.3, -0.25) is 19.2 Å². The van der Waals surface area contributed by atoms with Crippen LogP contribution in [0.25, 0.3) is 12.2 Å². The number of hydrogen-bond acceptors (Lipinski definition) is 7. The standard InChI is InChI=1S/C36H40N4O8/c1-17-21(5-9-33(41)42)29-14-27-19(3)22(6-10-34(43)44)30(39-27)15-28-20(4)24(8-12-36(47)48)32(40-28)16-31-23(7-11-35(45)46)18(2)26(38-31)13-25(17)37-29/h13-17,25,37,39H,5-12H2,1-4H3,(H,41,42)(H,43,44)(H,45,46)(H,47,48). The third-order valence-corrected chi connectivity index (χ3v) is 9.54. The SMILES string of the molecule is CC1=C(CCC(=O)O)C2=CC3=NC(=CC4NC(=C(CCC(=O)O)C4C)C=c4[nH]c(c(CCC(=O)O)c4C)=CC1=N2)C(C)=C3CCC(=O)O. The Morgan fingerprint density at radius 3 is 1.92 bits per heavy atom. The van der Waals surface area contributed by atoms with E-state index in [1.54, 1.807) is 6.08 Å². The average Bonchev–Trinajstić information content (AvgIpc) is 3.66. The van der Waals surface area contributed by atoms with Crippen molar-refractivity contribution >= 4 is 47.5 Å². The molecule has 0 spiro atoms. The number of aliphatic carboxylic acids is 4. The molecular weight excluding hydrogens is 616 g/mol. The van der Waals surface area contributed by atoms with Crippen LogP contribution in [0.5, 0.6) is 0 Å². The lowest BCUT2D eigenvalue weighted by Gasteiger charge is -2.15. The van der Waals surface area contributed by atoms with Crippen molar-refractivity contribution in [3.05, 3.63) is 78.9 Å². The molecule has 0 amide bonds. The molecular formula is C36H40N4O8. The van der Waals surface area contributed by atoms with Crippen LogP contribution in [0.1, 0.15) is 76.8 Å².